The summed E-state index contributed by atoms with van der Waals surface area (Å²) in [4.78, 5) is 0. The first-order valence-electron chi connectivity index (χ1n) is 6.09. The predicted octanol–water partition coefficient (Wildman–Crippen LogP) is 4.77. The van der Waals surface area contributed by atoms with E-state index in [1.165, 1.54) is 11.1 Å². The van der Waals surface area contributed by atoms with Gasteiger partial charge >= 0.3 is 0 Å². The van der Waals surface area contributed by atoms with Crippen molar-refractivity contribution >= 4 is 12.2 Å². The fourth-order valence-electron chi connectivity index (χ4n) is 1.93. The molecule has 0 heterocycles. The van der Waals surface area contributed by atoms with Crippen LogP contribution in [0.2, 0.25) is 0 Å². The quantitative estimate of drug-likeness (QED) is 0.698. The molecule has 0 amide bonds. The van der Waals surface area contributed by atoms with Crippen molar-refractivity contribution < 1.29 is 0 Å². The highest BCUT2D eigenvalue weighted by Crippen LogP contribution is 2.17. The summed E-state index contributed by atoms with van der Waals surface area (Å²) < 4.78 is 0. The minimum atomic E-state index is 0.949. The van der Waals surface area contributed by atoms with Crippen LogP contribution in [0, 0.1) is 6.42 Å². The van der Waals surface area contributed by atoms with Gasteiger partial charge in [0.25, 0.3) is 0 Å². The van der Waals surface area contributed by atoms with Gasteiger partial charge in [-0.3, -0.25) is 0 Å². The molecule has 0 unspecified atom stereocenters. The zero-order valence-electron chi connectivity index (χ0n) is 10.5. The van der Waals surface area contributed by atoms with Crippen molar-refractivity contribution in [3.05, 3.63) is 90.4 Å². The van der Waals surface area contributed by atoms with Gasteiger partial charge in [0.15, 0.2) is 0 Å². The summed E-state index contributed by atoms with van der Waals surface area (Å²) in [6.45, 7) is 7.64. The highest BCUT2D eigenvalue weighted by atomic mass is 14.0. The zero-order valence-corrected chi connectivity index (χ0v) is 10.5. The SMILES string of the molecule is C=Cc1ccc([CH]Cc2ccccc2)cc1C=C. The summed E-state index contributed by atoms with van der Waals surface area (Å²) in [7, 11) is 0. The molecule has 0 saturated heterocycles. The molecule has 0 N–H and O–H groups in total. The van der Waals surface area contributed by atoms with Gasteiger partial charge in [0.2, 0.25) is 0 Å². The average Bonchev–Trinajstić information content (AvgIpc) is 2.45. The van der Waals surface area contributed by atoms with Gasteiger partial charge in [0.05, 0.1) is 0 Å². The van der Waals surface area contributed by atoms with Crippen LogP contribution in [0.4, 0.5) is 0 Å². The van der Waals surface area contributed by atoms with Crippen LogP contribution in [0.3, 0.4) is 0 Å². The van der Waals surface area contributed by atoms with E-state index in [1.54, 1.807) is 0 Å². The van der Waals surface area contributed by atoms with Gasteiger partial charge in [0.1, 0.15) is 0 Å². The standard InChI is InChI=1S/C18H17/c1-3-17-13-12-16(14-18(17)4-2)11-10-15-8-6-5-7-9-15/h3-9,11-14H,1-2,10H2. The molecule has 0 nitrogen and oxygen atoms in total. The van der Waals surface area contributed by atoms with E-state index in [0.29, 0.717) is 0 Å². The maximum absolute atomic E-state index is 3.84. The molecule has 0 spiro atoms. The van der Waals surface area contributed by atoms with Crippen LogP contribution in [0.5, 0.6) is 0 Å². The summed E-state index contributed by atoms with van der Waals surface area (Å²) in [5, 5.41) is 0. The van der Waals surface area contributed by atoms with E-state index in [4.69, 9.17) is 0 Å². The lowest BCUT2D eigenvalue weighted by Crippen LogP contribution is -1.90. The van der Waals surface area contributed by atoms with Crippen LogP contribution in [0.25, 0.3) is 12.2 Å². The molecule has 0 fully saturated rings. The Kier molecular flexibility index (Phi) is 4.14. The first kappa shape index (κ1) is 12.4. The van der Waals surface area contributed by atoms with E-state index in [0.717, 1.165) is 17.5 Å². The Balaban J connectivity index is 2.10. The topological polar surface area (TPSA) is 0 Å². The molecular formula is C18H17. The second-order valence-corrected chi connectivity index (χ2v) is 4.19. The molecule has 0 aliphatic heterocycles. The Morgan fingerprint density at radius 2 is 1.56 bits per heavy atom. The van der Waals surface area contributed by atoms with Crippen LogP contribution in [0.15, 0.2) is 61.7 Å². The van der Waals surface area contributed by atoms with Crippen molar-refractivity contribution in [2.45, 2.75) is 6.42 Å². The van der Waals surface area contributed by atoms with Crippen molar-refractivity contribution in [3.8, 4) is 0 Å². The van der Waals surface area contributed by atoms with Crippen molar-refractivity contribution in [3.63, 3.8) is 0 Å². The molecule has 2 rings (SSSR count). The van der Waals surface area contributed by atoms with Gasteiger partial charge < -0.3 is 0 Å². The molecule has 2 aromatic rings. The van der Waals surface area contributed by atoms with E-state index in [1.807, 2.05) is 18.2 Å². The molecule has 0 atom stereocenters. The molecule has 0 bridgehead atoms. The molecule has 89 valence electrons. The summed E-state index contributed by atoms with van der Waals surface area (Å²) >= 11 is 0. The maximum atomic E-state index is 3.84. The average molecular weight is 233 g/mol. The molecule has 0 aliphatic carbocycles. The van der Waals surface area contributed by atoms with E-state index < -0.39 is 0 Å². The van der Waals surface area contributed by atoms with Crippen molar-refractivity contribution in [2.75, 3.05) is 0 Å². The van der Waals surface area contributed by atoms with Crippen LogP contribution in [-0.2, 0) is 6.42 Å². The second kappa shape index (κ2) is 6.02. The molecule has 0 aliphatic rings. The Bertz CT molecular complexity index is 535. The summed E-state index contributed by atoms with van der Waals surface area (Å²) in [6, 6.07) is 16.8. The number of hydrogen-bond donors (Lipinski definition) is 0. The summed E-state index contributed by atoms with van der Waals surface area (Å²) in [6.07, 6.45) is 6.91. The van der Waals surface area contributed by atoms with Crippen LogP contribution in [0.1, 0.15) is 22.3 Å². The number of hydrogen-bond acceptors (Lipinski definition) is 0. The monoisotopic (exact) mass is 233 g/mol. The third-order valence-electron chi connectivity index (χ3n) is 2.97. The van der Waals surface area contributed by atoms with E-state index >= 15 is 0 Å². The van der Waals surface area contributed by atoms with Crippen LogP contribution in [-0.4, -0.2) is 0 Å². The second-order valence-electron chi connectivity index (χ2n) is 4.19. The Labute approximate surface area is 109 Å². The van der Waals surface area contributed by atoms with E-state index in [-0.39, 0.29) is 0 Å². The Morgan fingerprint density at radius 1 is 0.833 bits per heavy atom. The van der Waals surface area contributed by atoms with Gasteiger partial charge in [-0.15, -0.1) is 0 Å². The molecule has 1 radical (unpaired) electrons. The molecule has 2 aromatic carbocycles. The van der Waals surface area contributed by atoms with Crippen LogP contribution >= 0.6 is 0 Å². The summed E-state index contributed by atoms with van der Waals surface area (Å²) in [5.74, 6) is 0. The summed E-state index contributed by atoms with van der Waals surface area (Å²) in [5.41, 5.74) is 4.80. The minimum Gasteiger partial charge on any atom is -0.0984 e. The zero-order chi connectivity index (χ0) is 12.8. The van der Waals surface area contributed by atoms with Crippen LogP contribution < -0.4 is 0 Å². The lowest BCUT2D eigenvalue weighted by atomic mass is 9.99. The molecular weight excluding hydrogens is 216 g/mol. The smallest absolute Gasteiger partial charge is 0.00492 e. The minimum absolute atomic E-state index is 0.949. The lowest BCUT2D eigenvalue weighted by molar-refractivity contribution is 1.17. The third kappa shape index (κ3) is 2.98. The van der Waals surface area contributed by atoms with Gasteiger partial charge in [-0.1, -0.05) is 73.8 Å². The van der Waals surface area contributed by atoms with Gasteiger partial charge in [-0.05, 0) is 35.1 Å². The number of rotatable bonds is 5. The number of benzene rings is 2. The molecule has 0 saturated carbocycles. The normalized spacial score (nSPS) is 10.0. The first-order valence-corrected chi connectivity index (χ1v) is 6.09. The van der Waals surface area contributed by atoms with Gasteiger partial charge in [-0.25, -0.2) is 0 Å². The first-order chi connectivity index (χ1) is 8.83. The molecule has 18 heavy (non-hydrogen) atoms. The van der Waals surface area contributed by atoms with E-state index in [9.17, 15) is 0 Å². The lowest BCUT2D eigenvalue weighted by Gasteiger charge is -2.06. The van der Waals surface area contributed by atoms with Crippen molar-refractivity contribution in [1.29, 1.82) is 0 Å². The molecule has 0 heteroatoms. The van der Waals surface area contributed by atoms with Crippen molar-refractivity contribution in [2.24, 2.45) is 0 Å². The largest absolute Gasteiger partial charge is 0.0984 e. The Morgan fingerprint density at radius 3 is 2.22 bits per heavy atom. The highest BCUT2D eigenvalue weighted by Gasteiger charge is 2.00. The molecule has 0 aromatic heterocycles. The van der Waals surface area contributed by atoms with Gasteiger partial charge in [0, 0.05) is 0 Å². The van der Waals surface area contributed by atoms with Crippen molar-refractivity contribution in [1.82, 2.24) is 0 Å². The van der Waals surface area contributed by atoms with E-state index in [2.05, 4.69) is 62.0 Å². The predicted molar refractivity (Wildman–Crippen MR) is 80.2 cm³/mol. The third-order valence-corrected chi connectivity index (χ3v) is 2.97. The van der Waals surface area contributed by atoms with Gasteiger partial charge in [-0.2, -0.15) is 0 Å². The highest BCUT2D eigenvalue weighted by molar-refractivity contribution is 5.64. The fraction of sp³-hybridized carbons (Fsp3) is 0.0556. The fourth-order valence-corrected chi connectivity index (χ4v) is 1.93. The Hall–Kier alpha value is -2.08. The maximum Gasteiger partial charge on any atom is -0.00492 e.